The Kier molecular flexibility index (Phi) is 3.02. The van der Waals surface area contributed by atoms with Crippen LogP contribution in [-0.2, 0) is 4.74 Å². The molecule has 0 bridgehead atoms. The van der Waals surface area contributed by atoms with Crippen LogP contribution in [0.4, 0.5) is 5.13 Å². The zero-order valence-electron chi connectivity index (χ0n) is 8.90. The van der Waals surface area contributed by atoms with Crippen LogP contribution in [0.25, 0.3) is 0 Å². The van der Waals surface area contributed by atoms with E-state index in [2.05, 4.69) is 16.8 Å². The fraction of sp³-hybridized carbons (Fsp3) is 0.600. The number of Topliss-reactive ketones (excluding diaryl/α,β-unsaturated/α-hetero) is 1. The van der Waals surface area contributed by atoms with Crippen LogP contribution in [0.5, 0.6) is 0 Å². The molecule has 0 spiro atoms. The van der Waals surface area contributed by atoms with E-state index in [4.69, 9.17) is 4.74 Å². The van der Waals surface area contributed by atoms with E-state index in [9.17, 15) is 4.79 Å². The van der Waals surface area contributed by atoms with E-state index < -0.39 is 0 Å². The first kappa shape index (κ1) is 10.6. The second-order valence-corrected chi connectivity index (χ2v) is 4.69. The molecule has 0 aromatic carbocycles. The molecule has 2 rings (SSSR count). The van der Waals surface area contributed by atoms with Gasteiger partial charge in [-0.3, -0.25) is 4.79 Å². The molecule has 1 aliphatic heterocycles. The topological polar surface area (TPSA) is 42.4 Å². The van der Waals surface area contributed by atoms with Crippen molar-refractivity contribution in [2.75, 3.05) is 24.7 Å². The average Bonchev–Trinajstić information content (AvgIpc) is 2.67. The highest BCUT2D eigenvalue weighted by molar-refractivity contribution is 7.17. The summed E-state index contributed by atoms with van der Waals surface area (Å²) in [6.45, 7) is 5.99. The zero-order chi connectivity index (χ0) is 10.8. The lowest BCUT2D eigenvalue weighted by molar-refractivity contribution is 0.0989. The molecule has 1 aromatic rings. The number of ether oxygens (including phenoxy) is 1. The summed E-state index contributed by atoms with van der Waals surface area (Å²) in [5, 5.41) is 0.927. The summed E-state index contributed by atoms with van der Waals surface area (Å²) in [6, 6.07) is 0.338. The van der Waals surface area contributed by atoms with Gasteiger partial charge in [0.25, 0.3) is 0 Å². The molecule has 1 atom stereocenters. The maximum absolute atomic E-state index is 11.2. The van der Waals surface area contributed by atoms with Gasteiger partial charge in [-0.2, -0.15) is 0 Å². The molecular formula is C10H14N2O2S. The molecule has 1 aromatic heterocycles. The Morgan fingerprint density at radius 1 is 1.73 bits per heavy atom. The maximum Gasteiger partial charge on any atom is 0.186 e. The van der Waals surface area contributed by atoms with Crippen LogP contribution >= 0.6 is 11.3 Å². The summed E-state index contributed by atoms with van der Waals surface area (Å²) >= 11 is 1.46. The molecule has 0 radical (unpaired) electrons. The highest BCUT2D eigenvalue weighted by Crippen LogP contribution is 2.25. The molecule has 0 amide bonds. The number of rotatable bonds is 2. The number of hydrogen-bond acceptors (Lipinski definition) is 5. The zero-order valence-corrected chi connectivity index (χ0v) is 9.71. The molecule has 0 aliphatic carbocycles. The number of morpholine rings is 1. The normalized spacial score (nSPS) is 21.7. The Morgan fingerprint density at radius 2 is 2.53 bits per heavy atom. The van der Waals surface area contributed by atoms with Crippen LogP contribution < -0.4 is 4.90 Å². The SMILES string of the molecule is CC(=O)c1cnc(N2CCOCC2C)s1. The third-order valence-electron chi connectivity index (χ3n) is 2.45. The molecule has 1 saturated heterocycles. The lowest BCUT2D eigenvalue weighted by Crippen LogP contribution is -2.43. The standard InChI is InChI=1S/C10H14N2O2S/c1-7-6-14-4-3-12(7)10-11-5-9(15-10)8(2)13/h5,7H,3-4,6H2,1-2H3. The monoisotopic (exact) mass is 226 g/mol. The number of carbonyl (C=O) groups is 1. The van der Waals surface area contributed by atoms with Gasteiger partial charge in [-0.05, 0) is 6.92 Å². The Labute approximate surface area is 92.9 Å². The predicted molar refractivity (Wildman–Crippen MR) is 59.7 cm³/mol. The Morgan fingerprint density at radius 3 is 3.13 bits per heavy atom. The number of hydrogen-bond donors (Lipinski definition) is 0. The van der Waals surface area contributed by atoms with Crippen LogP contribution in [0.2, 0.25) is 0 Å². The van der Waals surface area contributed by atoms with Crippen molar-refractivity contribution in [1.29, 1.82) is 0 Å². The van der Waals surface area contributed by atoms with Crippen molar-refractivity contribution in [3.05, 3.63) is 11.1 Å². The Balaban J connectivity index is 2.17. The quantitative estimate of drug-likeness (QED) is 0.718. The van der Waals surface area contributed by atoms with E-state index >= 15 is 0 Å². The molecule has 5 heteroatoms. The van der Waals surface area contributed by atoms with Crippen molar-refractivity contribution >= 4 is 22.3 Å². The first-order valence-corrected chi connectivity index (χ1v) is 5.81. The maximum atomic E-state index is 11.2. The van der Waals surface area contributed by atoms with Gasteiger partial charge in [-0.25, -0.2) is 4.98 Å². The van der Waals surface area contributed by atoms with Crippen molar-refractivity contribution in [1.82, 2.24) is 4.98 Å². The molecule has 0 saturated carbocycles. The smallest absolute Gasteiger partial charge is 0.186 e. The molecule has 82 valence electrons. The van der Waals surface area contributed by atoms with Crippen molar-refractivity contribution in [3.8, 4) is 0 Å². The summed E-state index contributed by atoms with van der Waals surface area (Å²) in [5.74, 6) is 0.0830. The van der Waals surface area contributed by atoms with E-state index in [-0.39, 0.29) is 5.78 Å². The Hall–Kier alpha value is -0.940. The molecule has 1 unspecified atom stereocenters. The number of anilines is 1. The lowest BCUT2D eigenvalue weighted by Gasteiger charge is -2.32. The second-order valence-electron chi connectivity index (χ2n) is 3.68. The Bertz CT molecular complexity index is 364. The molecule has 0 N–H and O–H groups in total. The summed E-state index contributed by atoms with van der Waals surface area (Å²) in [5.41, 5.74) is 0. The van der Waals surface area contributed by atoms with Gasteiger partial charge < -0.3 is 9.64 Å². The molecule has 1 fully saturated rings. The summed E-state index contributed by atoms with van der Waals surface area (Å²) in [7, 11) is 0. The highest BCUT2D eigenvalue weighted by atomic mass is 32.1. The van der Waals surface area contributed by atoms with E-state index in [0.717, 1.165) is 29.8 Å². The van der Waals surface area contributed by atoms with E-state index in [0.29, 0.717) is 6.04 Å². The summed E-state index contributed by atoms with van der Waals surface area (Å²) < 4.78 is 5.36. The van der Waals surface area contributed by atoms with Crippen LogP contribution in [0, 0.1) is 0 Å². The number of thiazole rings is 1. The third kappa shape index (κ3) is 2.18. The van der Waals surface area contributed by atoms with Gasteiger partial charge in [0.1, 0.15) is 0 Å². The van der Waals surface area contributed by atoms with Crippen molar-refractivity contribution in [3.63, 3.8) is 0 Å². The minimum Gasteiger partial charge on any atom is -0.377 e. The molecule has 2 heterocycles. The number of nitrogens with zero attached hydrogens (tertiary/aromatic N) is 2. The molecule has 4 nitrogen and oxygen atoms in total. The van der Waals surface area contributed by atoms with Gasteiger partial charge in [0, 0.05) is 13.5 Å². The van der Waals surface area contributed by atoms with Crippen LogP contribution in [0.3, 0.4) is 0 Å². The minimum atomic E-state index is 0.0830. The highest BCUT2D eigenvalue weighted by Gasteiger charge is 2.22. The molecular weight excluding hydrogens is 212 g/mol. The largest absolute Gasteiger partial charge is 0.377 e. The fourth-order valence-electron chi connectivity index (χ4n) is 1.57. The van der Waals surface area contributed by atoms with Gasteiger partial charge in [-0.1, -0.05) is 11.3 Å². The lowest BCUT2D eigenvalue weighted by atomic mass is 10.3. The fourth-order valence-corrected chi connectivity index (χ4v) is 2.51. The average molecular weight is 226 g/mol. The number of carbonyl (C=O) groups excluding carboxylic acids is 1. The van der Waals surface area contributed by atoms with Gasteiger partial charge in [0.15, 0.2) is 10.9 Å². The van der Waals surface area contributed by atoms with Gasteiger partial charge in [0.2, 0.25) is 0 Å². The van der Waals surface area contributed by atoms with Gasteiger partial charge in [0.05, 0.1) is 30.3 Å². The van der Waals surface area contributed by atoms with Crippen LogP contribution in [-0.4, -0.2) is 36.6 Å². The van der Waals surface area contributed by atoms with Crippen molar-refractivity contribution in [2.24, 2.45) is 0 Å². The summed E-state index contributed by atoms with van der Waals surface area (Å²) in [4.78, 5) is 18.4. The predicted octanol–water partition coefficient (Wildman–Crippen LogP) is 1.57. The van der Waals surface area contributed by atoms with Crippen LogP contribution in [0.1, 0.15) is 23.5 Å². The van der Waals surface area contributed by atoms with E-state index in [1.165, 1.54) is 11.3 Å². The first-order valence-electron chi connectivity index (χ1n) is 4.99. The van der Waals surface area contributed by atoms with E-state index in [1.54, 1.807) is 13.1 Å². The van der Waals surface area contributed by atoms with Gasteiger partial charge in [-0.15, -0.1) is 0 Å². The van der Waals surface area contributed by atoms with Crippen LogP contribution in [0.15, 0.2) is 6.20 Å². The summed E-state index contributed by atoms with van der Waals surface area (Å²) in [6.07, 6.45) is 1.66. The van der Waals surface area contributed by atoms with E-state index in [1.807, 2.05) is 0 Å². The molecule has 15 heavy (non-hydrogen) atoms. The second kappa shape index (κ2) is 4.28. The van der Waals surface area contributed by atoms with Crippen molar-refractivity contribution in [2.45, 2.75) is 19.9 Å². The van der Waals surface area contributed by atoms with Crippen molar-refractivity contribution < 1.29 is 9.53 Å². The minimum absolute atomic E-state index is 0.0830. The number of ketones is 1. The molecule has 1 aliphatic rings. The third-order valence-corrected chi connectivity index (χ3v) is 3.59. The number of aromatic nitrogens is 1. The first-order chi connectivity index (χ1) is 7.18. The van der Waals surface area contributed by atoms with Gasteiger partial charge >= 0.3 is 0 Å².